The van der Waals surface area contributed by atoms with Gasteiger partial charge in [-0.25, -0.2) is 0 Å². The van der Waals surface area contributed by atoms with E-state index in [9.17, 15) is 10.2 Å². The minimum absolute atomic E-state index is 0.0421. The summed E-state index contributed by atoms with van der Waals surface area (Å²) < 4.78 is 27.0. The lowest BCUT2D eigenvalue weighted by Gasteiger charge is -2.38. The van der Waals surface area contributed by atoms with Gasteiger partial charge in [0.2, 0.25) is 0 Å². The fourth-order valence-corrected chi connectivity index (χ4v) is 11.7. The van der Waals surface area contributed by atoms with Crippen LogP contribution in [-0.4, -0.2) is 138 Å². The molecule has 0 radical (unpaired) electrons. The second-order valence-electron chi connectivity index (χ2n) is 26.4. The molecule has 0 amide bonds. The smallest absolute Gasteiger partial charge is 0.134 e. The predicted octanol–water partition coefficient (Wildman–Crippen LogP) is 19.5. The molecule has 0 aromatic carbocycles. The van der Waals surface area contributed by atoms with Crippen LogP contribution in [-0.2, 0) is 18.9 Å². The molecule has 0 saturated carbocycles. The lowest BCUT2D eigenvalue weighted by Crippen LogP contribution is -2.57. The first-order valence-corrected chi connectivity index (χ1v) is 35.4. The van der Waals surface area contributed by atoms with Crippen LogP contribution < -0.4 is 0 Å². The molecule has 0 aliphatic rings. The van der Waals surface area contributed by atoms with Gasteiger partial charge in [-0.05, 0) is 25.7 Å². The van der Waals surface area contributed by atoms with Crippen LogP contribution in [0.2, 0.25) is 0 Å². The van der Waals surface area contributed by atoms with E-state index in [0.29, 0.717) is 35.3 Å². The van der Waals surface area contributed by atoms with Crippen molar-refractivity contribution < 1.29 is 38.1 Å². The van der Waals surface area contributed by atoms with Gasteiger partial charge in [0.25, 0.3) is 0 Å². The maximum Gasteiger partial charge on any atom is 0.134 e. The zero-order chi connectivity index (χ0) is 57.2. The number of aliphatic hydroxyl groups is 2. The monoisotopic (exact) mass is 1110 g/mol. The van der Waals surface area contributed by atoms with E-state index in [4.69, 9.17) is 18.9 Å². The number of likely N-dealkylation sites (N-methyl/N-ethyl adjacent to an activating group) is 2. The Morgan fingerprint density at radius 2 is 0.423 bits per heavy atom. The summed E-state index contributed by atoms with van der Waals surface area (Å²) in [5.74, 6) is 0. The lowest BCUT2D eigenvalue weighted by molar-refractivity contribution is -0.905. The van der Waals surface area contributed by atoms with Crippen LogP contribution in [0.4, 0.5) is 0 Å². The fourth-order valence-electron chi connectivity index (χ4n) is 11.7. The Kier molecular flexibility index (Phi) is 59.6. The third kappa shape index (κ3) is 57.5. The summed E-state index contributed by atoms with van der Waals surface area (Å²) in [7, 11) is 8.70. The number of hydrogen-bond donors (Lipinski definition) is 2. The number of ether oxygens (including phenoxy) is 4. The molecule has 2 N–H and O–H groups in total. The third-order valence-corrected chi connectivity index (χ3v) is 16.8. The van der Waals surface area contributed by atoms with Crippen molar-refractivity contribution >= 4 is 0 Å². The van der Waals surface area contributed by atoms with Crippen molar-refractivity contribution in [3.05, 3.63) is 0 Å². The number of unbranched alkanes of at least 4 members (excludes halogenated alkanes) is 44. The minimum atomic E-state index is -0.848. The summed E-state index contributed by atoms with van der Waals surface area (Å²) in [6.07, 6.45) is 62.5. The van der Waals surface area contributed by atoms with E-state index >= 15 is 0 Å². The first kappa shape index (κ1) is 77.7. The van der Waals surface area contributed by atoms with Crippen LogP contribution in [0.25, 0.3) is 0 Å². The Hall–Kier alpha value is -0.320. The third-order valence-electron chi connectivity index (χ3n) is 16.8. The summed E-state index contributed by atoms with van der Waals surface area (Å²) in [6.45, 7) is 15.8. The predicted molar refractivity (Wildman–Crippen MR) is 341 cm³/mol. The van der Waals surface area contributed by atoms with E-state index in [-0.39, 0.29) is 12.2 Å². The van der Waals surface area contributed by atoms with Gasteiger partial charge in [-0.3, -0.25) is 0 Å². The maximum atomic E-state index is 11.6. The van der Waals surface area contributed by atoms with Crippen LogP contribution in [0, 0.1) is 0 Å². The molecule has 4 atom stereocenters. The van der Waals surface area contributed by atoms with E-state index in [1.54, 1.807) is 0 Å². The molecule has 0 saturated heterocycles. The van der Waals surface area contributed by atoms with E-state index in [0.717, 1.165) is 65.2 Å². The Morgan fingerprint density at radius 3 is 0.628 bits per heavy atom. The molecule has 470 valence electrons. The molecule has 0 aliphatic carbocycles. The van der Waals surface area contributed by atoms with Gasteiger partial charge >= 0.3 is 0 Å². The minimum Gasteiger partial charge on any atom is -0.384 e. The molecule has 0 rings (SSSR count). The van der Waals surface area contributed by atoms with Crippen molar-refractivity contribution in [2.24, 2.45) is 0 Å². The number of aliphatic hydroxyl groups excluding tert-OH is 2. The average Bonchev–Trinajstić information content (AvgIpc) is 3.41. The highest BCUT2D eigenvalue weighted by atomic mass is 16.5. The normalized spacial score (nSPS) is 13.9. The number of nitrogens with zero attached hydrogens (tertiary/aromatic N) is 2. The molecule has 0 heterocycles. The van der Waals surface area contributed by atoms with Crippen molar-refractivity contribution in [3.8, 4) is 0 Å². The van der Waals surface area contributed by atoms with Crippen LogP contribution in [0.5, 0.6) is 0 Å². The zero-order valence-electron chi connectivity index (χ0n) is 54.7. The molecular formula is C70H146N2O6+2. The number of hydrogen-bond acceptors (Lipinski definition) is 6. The highest BCUT2D eigenvalue weighted by molar-refractivity contribution is 4.69. The van der Waals surface area contributed by atoms with Crippen molar-refractivity contribution in [2.75, 3.05) is 94.0 Å². The molecule has 0 aliphatic heterocycles. The summed E-state index contributed by atoms with van der Waals surface area (Å²) in [5, 5.41) is 23.3. The van der Waals surface area contributed by atoms with Gasteiger partial charge in [0.05, 0.1) is 41.4 Å². The van der Waals surface area contributed by atoms with Crippen molar-refractivity contribution in [1.29, 1.82) is 0 Å². The van der Waals surface area contributed by atoms with Crippen molar-refractivity contribution in [2.45, 2.75) is 360 Å². The second kappa shape index (κ2) is 59.8. The van der Waals surface area contributed by atoms with Gasteiger partial charge in [0.15, 0.2) is 0 Å². The molecule has 0 fully saturated rings. The van der Waals surface area contributed by atoms with Gasteiger partial charge < -0.3 is 38.1 Å². The van der Waals surface area contributed by atoms with Gasteiger partial charge in [-0.15, -0.1) is 0 Å². The zero-order valence-corrected chi connectivity index (χ0v) is 54.7. The quantitative estimate of drug-likeness (QED) is 0.0467. The molecule has 0 spiro atoms. The van der Waals surface area contributed by atoms with E-state index in [2.05, 4.69) is 55.9 Å². The lowest BCUT2D eigenvalue weighted by atomic mass is 10.1. The SMILES string of the molecule is CCCCCCCCCCCCCCOCC(C[N+](C)(C)CC(O)C(O)C[N+](C)(C)CC(COCCCCCCCCCCCCCC)OCCCCCCCCCCCCCC)OCCCCCCCCCCCCCC. The first-order valence-electron chi connectivity index (χ1n) is 35.4. The summed E-state index contributed by atoms with van der Waals surface area (Å²) in [4.78, 5) is 0. The standard InChI is InChI=1S/C70H146N2O6/c1-9-13-17-21-25-29-33-37-41-45-49-53-57-75-65-67(77-59-55-51-47-43-39-35-31-27-23-19-15-11-3)61-71(5,6)63-69(73)70(74)64-72(7,8)62-68(78-60-56-52-48-44-40-36-32-28-24-20-16-12-4)66-76-58-54-50-46-42-38-34-30-26-22-18-14-10-2/h67-70,73-74H,9-66H2,1-8H3/q+2. The first-order chi connectivity index (χ1) is 38.0. The van der Waals surface area contributed by atoms with Crippen molar-refractivity contribution in [3.63, 3.8) is 0 Å². The molecule has 0 aromatic rings. The average molecular weight is 1110 g/mol. The van der Waals surface area contributed by atoms with Gasteiger partial charge in [-0.2, -0.15) is 0 Å². The Morgan fingerprint density at radius 1 is 0.244 bits per heavy atom. The Bertz CT molecular complexity index is 1060. The Labute approximate surface area is 490 Å². The highest BCUT2D eigenvalue weighted by Gasteiger charge is 2.34. The van der Waals surface area contributed by atoms with Crippen molar-refractivity contribution in [1.82, 2.24) is 0 Å². The van der Waals surface area contributed by atoms with Crippen LogP contribution in [0.15, 0.2) is 0 Å². The molecule has 8 heteroatoms. The second-order valence-corrected chi connectivity index (χ2v) is 26.4. The topological polar surface area (TPSA) is 77.4 Å². The maximum absolute atomic E-state index is 11.6. The van der Waals surface area contributed by atoms with Gasteiger partial charge in [0, 0.05) is 26.4 Å². The number of rotatable bonds is 67. The Balaban J connectivity index is 5.17. The van der Waals surface area contributed by atoms with Gasteiger partial charge in [-0.1, -0.05) is 310 Å². The molecule has 78 heavy (non-hydrogen) atoms. The van der Waals surface area contributed by atoms with Gasteiger partial charge in [0.1, 0.15) is 50.6 Å². The molecule has 0 bridgehead atoms. The molecular weight excluding hydrogens is 965 g/mol. The summed E-state index contributed by atoms with van der Waals surface area (Å²) >= 11 is 0. The van der Waals surface area contributed by atoms with Crippen LogP contribution in [0.1, 0.15) is 336 Å². The van der Waals surface area contributed by atoms with Crippen LogP contribution >= 0.6 is 0 Å². The molecule has 4 unspecified atom stereocenters. The molecule has 0 aromatic heterocycles. The largest absolute Gasteiger partial charge is 0.384 e. The van der Waals surface area contributed by atoms with E-state index in [1.165, 1.54) is 283 Å². The number of quaternary nitrogens is 2. The fraction of sp³-hybridized carbons (Fsp3) is 1.00. The van der Waals surface area contributed by atoms with E-state index in [1.807, 2.05) is 0 Å². The molecule has 8 nitrogen and oxygen atoms in total. The summed E-state index contributed by atoms with van der Waals surface area (Å²) in [5.41, 5.74) is 0. The highest BCUT2D eigenvalue weighted by Crippen LogP contribution is 2.19. The van der Waals surface area contributed by atoms with E-state index < -0.39 is 12.2 Å². The summed E-state index contributed by atoms with van der Waals surface area (Å²) in [6, 6.07) is 0. The van der Waals surface area contributed by atoms with Crippen LogP contribution in [0.3, 0.4) is 0 Å².